The Morgan fingerprint density at radius 2 is 1.22 bits per heavy atom. The average molecular weight is 262 g/mol. The van der Waals surface area contributed by atoms with Crippen molar-refractivity contribution in [2.24, 2.45) is 17.3 Å². The molecule has 0 aromatic rings. The third-order valence-corrected chi connectivity index (χ3v) is 3.10. The van der Waals surface area contributed by atoms with Crippen LogP contribution in [0.15, 0.2) is 0 Å². The number of rotatable bonds is 10. The van der Waals surface area contributed by atoms with Gasteiger partial charge in [0.25, 0.3) is 0 Å². The van der Waals surface area contributed by atoms with Gasteiger partial charge in [0.1, 0.15) is 0 Å². The van der Waals surface area contributed by atoms with Gasteiger partial charge in [0.15, 0.2) is 0 Å². The molecule has 0 aliphatic carbocycles. The van der Waals surface area contributed by atoms with Crippen LogP contribution in [0.1, 0.15) is 40.5 Å². The smallest absolute Gasteiger partial charge is 0.0629 e. The summed E-state index contributed by atoms with van der Waals surface area (Å²) in [4.78, 5) is 0. The van der Waals surface area contributed by atoms with Crippen LogP contribution in [-0.2, 0) is 4.74 Å². The van der Waals surface area contributed by atoms with Crippen LogP contribution < -0.4 is 0 Å². The van der Waals surface area contributed by atoms with Crippen LogP contribution in [0.2, 0.25) is 0 Å². The molecule has 0 spiro atoms. The first-order chi connectivity index (χ1) is 8.39. The van der Waals surface area contributed by atoms with Gasteiger partial charge in [-0.15, -0.1) is 0 Å². The van der Waals surface area contributed by atoms with E-state index in [2.05, 4.69) is 27.7 Å². The minimum absolute atomic E-state index is 0.119. The van der Waals surface area contributed by atoms with Gasteiger partial charge in [-0.1, -0.05) is 27.7 Å². The van der Waals surface area contributed by atoms with Crippen molar-refractivity contribution >= 4 is 0 Å². The highest BCUT2D eigenvalue weighted by atomic mass is 16.5. The zero-order chi connectivity index (χ0) is 14.2. The van der Waals surface area contributed by atoms with E-state index in [0.717, 1.165) is 12.8 Å². The first-order valence-corrected chi connectivity index (χ1v) is 6.83. The van der Waals surface area contributed by atoms with Crippen LogP contribution >= 0.6 is 0 Å². The van der Waals surface area contributed by atoms with Gasteiger partial charge < -0.3 is 20.1 Å². The Bertz CT molecular complexity index is 182. The molecular weight excluding hydrogens is 232 g/mol. The van der Waals surface area contributed by atoms with E-state index in [9.17, 15) is 15.3 Å². The summed E-state index contributed by atoms with van der Waals surface area (Å²) in [5.74, 6) is 1.08. The van der Waals surface area contributed by atoms with E-state index in [1.807, 2.05) is 0 Å². The summed E-state index contributed by atoms with van der Waals surface area (Å²) in [6, 6.07) is 0. The second kappa shape index (κ2) is 8.86. The molecule has 18 heavy (non-hydrogen) atoms. The molecule has 0 aromatic carbocycles. The lowest BCUT2D eigenvalue weighted by molar-refractivity contribution is -0.0871. The largest absolute Gasteiger partial charge is 0.396 e. The van der Waals surface area contributed by atoms with Crippen molar-refractivity contribution in [1.82, 2.24) is 0 Å². The summed E-state index contributed by atoms with van der Waals surface area (Å²) < 4.78 is 5.82. The Hall–Kier alpha value is -0.160. The number of hydrogen-bond donors (Lipinski definition) is 3. The molecule has 0 amide bonds. The van der Waals surface area contributed by atoms with Gasteiger partial charge in [0.05, 0.1) is 37.9 Å². The third-order valence-electron chi connectivity index (χ3n) is 3.10. The highest BCUT2D eigenvalue weighted by molar-refractivity contribution is 4.77. The molecule has 0 bridgehead atoms. The maximum absolute atomic E-state index is 9.25. The van der Waals surface area contributed by atoms with Gasteiger partial charge in [-0.05, 0) is 24.7 Å². The number of aliphatic hydroxyl groups is 3. The minimum Gasteiger partial charge on any atom is -0.396 e. The lowest BCUT2D eigenvalue weighted by Crippen LogP contribution is -2.40. The SMILES string of the molecule is CC(C)CC(CC(C)C)OCC(CO)(CO)CO. The summed E-state index contributed by atoms with van der Waals surface area (Å²) in [5.41, 5.74) is -0.924. The Kier molecular flexibility index (Phi) is 8.78. The fourth-order valence-electron chi connectivity index (χ4n) is 1.87. The van der Waals surface area contributed by atoms with Crippen molar-refractivity contribution < 1.29 is 20.1 Å². The summed E-state index contributed by atoms with van der Waals surface area (Å²) in [6.45, 7) is 7.98. The number of aliphatic hydroxyl groups excluding tert-OH is 3. The minimum atomic E-state index is -0.924. The van der Waals surface area contributed by atoms with Crippen molar-refractivity contribution in [2.75, 3.05) is 26.4 Å². The summed E-state index contributed by atoms with van der Waals surface area (Å²) in [6.07, 6.45) is 2.03. The second-order valence-electron chi connectivity index (χ2n) is 6.17. The molecule has 0 aromatic heterocycles. The molecule has 110 valence electrons. The number of hydrogen-bond acceptors (Lipinski definition) is 4. The van der Waals surface area contributed by atoms with E-state index in [1.165, 1.54) is 0 Å². The predicted molar refractivity (Wildman–Crippen MR) is 72.3 cm³/mol. The van der Waals surface area contributed by atoms with E-state index in [1.54, 1.807) is 0 Å². The Morgan fingerprint density at radius 3 is 1.50 bits per heavy atom. The van der Waals surface area contributed by atoms with Crippen LogP contribution in [0, 0.1) is 17.3 Å². The lowest BCUT2D eigenvalue weighted by Gasteiger charge is -2.30. The molecule has 0 fully saturated rings. The van der Waals surface area contributed by atoms with Crippen LogP contribution in [0.3, 0.4) is 0 Å². The third kappa shape index (κ3) is 6.69. The molecule has 3 N–H and O–H groups in total. The zero-order valence-corrected chi connectivity index (χ0v) is 12.2. The summed E-state index contributed by atoms with van der Waals surface area (Å²) >= 11 is 0. The molecule has 0 aliphatic heterocycles. The molecule has 0 atom stereocenters. The molecule has 4 nitrogen and oxygen atoms in total. The molecule has 0 rings (SSSR count). The van der Waals surface area contributed by atoms with Crippen molar-refractivity contribution in [1.29, 1.82) is 0 Å². The quantitative estimate of drug-likeness (QED) is 0.557. The fraction of sp³-hybridized carbons (Fsp3) is 1.00. The van der Waals surface area contributed by atoms with Gasteiger partial charge >= 0.3 is 0 Å². The van der Waals surface area contributed by atoms with Crippen LogP contribution in [0.25, 0.3) is 0 Å². The monoisotopic (exact) mass is 262 g/mol. The molecule has 0 radical (unpaired) electrons. The Balaban J connectivity index is 4.38. The maximum Gasteiger partial charge on any atom is 0.0629 e. The van der Waals surface area contributed by atoms with E-state index in [-0.39, 0.29) is 32.5 Å². The van der Waals surface area contributed by atoms with Gasteiger partial charge in [-0.25, -0.2) is 0 Å². The summed E-state index contributed by atoms with van der Waals surface area (Å²) in [7, 11) is 0. The number of ether oxygens (including phenoxy) is 1. The van der Waals surface area contributed by atoms with E-state index in [0.29, 0.717) is 11.8 Å². The molecular formula is C14H30O4. The second-order valence-corrected chi connectivity index (χ2v) is 6.17. The van der Waals surface area contributed by atoms with Gasteiger partial charge in [-0.3, -0.25) is 0 Å². The average Bonchev–Trinajstić information content (AvgIpc) is 2.30. The van der Waals surface area contributed by atoms with Crippen LogP contribution in [-0.4, -0.2) is 47.9 Å². The molecule has 4 heteroatoms. The predicted octanol–water partition coefficient (Wildman–Crippen LogP) is 1.43. The maximum atomic E-state index is 9.25. The lowest BCUT2D eigenvalue weighted by atomic mass is 9.92. The standard InChI is InChI=1S/C14H30O4/c1-11(2)5-13(6-12(3)4)18-10-14(7-15,8-16)9-17/h11-13,15-17H,5-10H2,1-4H3. The van der Waals surface area contributed by atoms with Crippen molar-refractivity contribution in [3.8, 4) is 0 Å². The van der Waals surface area contributed by atoms with E-state index >= 15 is 0 Å². The fourth-order valence-corrected chi connectivity index (χ4v) is 1.87. The highest BCUT2D eigenvalue weighted by Gasteiger charge is 2.30. The van der Waals surface area contributed by atoms with Crippen molar-refractivity contribution in [3.05, 3.63) is 0 Å². The van der Waals surface area contributed by atoms with Gasteiger partial charge in [0, 0.05) is 0 Å². The molecule has 0 aliphatic rings. The van der Waals surface area contributed by atoms with Crippen LogP contribution in [0.4, 0.5) is 0 Å². The normalized spacial score (nSPS) is 13.0. The molecule has 0 unspecified atom stereocenters. The van der Waals surface area contributed by atoms with Crippen molar-refractivity contribution in [2.45, 2.75) is 46.6 Å². The Labute approximate surface area is 111 Å². The van der Waals surface area contributed by atoms with E-state index < -0.39 is 5.41 Å². The zero-order valence-electron chi connectivity index (χ0n) is 12.2. The van der Waals surface area contributed by atoms with Gasteiger partial charge in [0.2, 0.25) is 0 Å². The van der Waals surface area contributed by atoms with Gasteiger partial charge in [-0.2, -0.15) is 0 Å². The highest BCUT2D eigenvalue weighted by Crippen LogP contribution is 2.21. The van der Waals surface area contributed by atoms with E-state index in [4.69, 9.17) is 4.74 Å². The molecule has 0 saturated carbocycles. The van der Waals surface area contributed by atoms with Crippen LogP contribution in [0.5, 0.6) is 0 Å². The molecule has 0 heterocycles. The topological polar surface area (TPSA) is 69.9 Å². The summed E-state index contributed by atoms with van der Waals surface area (Å²) in [5, 5.41) is 27.8. The van der Waals surface area contributed by atoms with Crippen molar-refractivity contribution in [3.63, 3.8) is 0 Å². The molecule has 0 saturated heterocycles. The first kappa shape index (κ1) is 17.8. The first-order valence-electron chi connectivity index (χ1n) is 6.83. The Morgan fingerprint density at radius 1 is 0.833 bits per heavy atom.